The number of carbonyl (C=O) groups is 2. The van der Waals surface area contributed by atoms with E-state index in [-0.39, 0.29) is 24.5 Å². The first-order valence-electron chi connectivity index (χ1n) is 9.54. The lowest BCUT2D eigenvalue weighted by Gasteiger charge is -2.26. The van der Waals surface area contributed by atoms with Crippen molar-refractivity contribution in [1.29, 1.82) is 0 Å². The van der Waals surface area contributed by atoms with Crippen LogP contribution in [0.3, 0.4) is 0 Å². The van der Waals surface area contributed by atoms with Crippen LogP contribution >= 0.6 is 0 Å². The first-order chi connectivity index (χ1) is 13.1. The minimum absolute atomic E-state index is 0.0415. The van der Waals surface area contributed by atoms with E-state index in [0.717, 1.165) is 5.56 Å². The van der Waals surface area contributed by atoms with Crippen molar-refractivity contribution < 1.29 is 23.8 Å². The Morgan fingerprint density at radius 2 is 1.75 bits per heavy atom. The summed E-state index contributed by atoms with van der Waals surface area (Å²) < 4.78 is 15.9. The number of nitrogens with one attached hydrogen (secondary N) is 2. The fourth-order valence-electron chi connectivity index (χ4n) is 2.51. The van der Waals surface area contributed by atoms with Crippen LogP contribution in [0.15, 0.2) is 30.3 Å². The molecule has 0 heterocycles. The highest BCUT2D eigenvalue weighted by molar-refractivity contribution is 5.76. The molecule has 0 bridgehead atoms. The first-order valence-corrected chi connectivity index (χ1v) is 9.54. The second kappa shape index (κ2) is 11.7. The Labute approximate surface area is 168 Å². The lowest BCUT2D eigenvalue weighted by Crippen LogP contribution is -2.51. The second-order valence-corrected chi connectivity index (χ2v) is 8.00. The Morgan fingerprint density at radius 3 is 2.29 bits per heavy atom. The number of hydrogen-bond donors (Lipinski definition) is 2. The zero-order valence-electron chi connectivity index (χ0n) is 17.8. The van der Waals surface area contributed by atoms with Gasteiger partial charge in [0.2, 0.25) is 0 Å². The van der Waals surface area contributed by atoms with Crippen LogP contribution < -0.4 is 10.6 Å². The van der Waals surface area contributed by atoms with Crippen LogP contribution in [0.4, 0.5) is 4.79 Å². The van der Waals surface area contributed by atoms with E-state index in [1.165, 1.54) is 7.11 Å². The van der Waals surface area contributed by atoms with Gasteiger partial charge >= 0.3 is 12.1 Å². The fraction of sp³-hybridized carbons (Fsp3) is 0.619. The van der Waals surface area contributed by atoms with Gasteiger partial charge in [0, 0.05) is 6.54 Å². The Hall–Kier alpha value is -2.12. The van der Waals surface area contributed by atoms with Crippen LogP contribution in [0.2, 0.25) is 0 Å². The molecule has 0 aliphatic carbocycles. The molecular weight excluding hydrogens is 360 g/mol. The van der Waals surface area contributed by atoms with Crippen LogP contribution in [0.25, 0.3) is 0 Å². The van der Waals surface area contributed by atoms with Gasteiger partial charge < -0.3 is 24.8 Å². The third kappa shape index (κ3) is 9.71. The second-order valence-electron chi connectivity index (χ2n) is 8.00. The van der Waals surface area contributed by atoms with Crippen molar-refractivity contribution in [3.63, 3.8) is 0 Å². The number of amides is 1. The standard InChI is InChI=1S/C21H34N2O5/c1-15(2)18(19(24)26-6)22-12-17(23-20(25)28-21(3,4)5)14-27-13-16-10-8-7-9-11-16/h7-11,15,17-18,22H,12-14H2,1-6H3,(H,23,25)/t17-,18+/m1/s1. The van der Waals surface area contributed by atoms with Crippen LogP contribution in [0, 0.1) is 5.92 Å². The van der Waals surface area contributed by atoms with Crippen molar-refractivity contribution in [2.24, 2.45) is 5.92 Å². The fourth-order valence-corrected chi connectivity index (χ4v) is 2.51. The zero-order chi connectivity index (χ0) is 21.2. The van der Waals surface area contributed by atoms with E-state index in [0.29, 0.717) is 13.2 Å². The van der Waals surface area contributed by atoms with Crippen molar-refractivity contribution in [3.05, 3.63) is 35.9 Å². The number of alkyl carbamates (subject to hydrolysis) is 1. The molecular formula is C21H34N2O5. The number of methoxy groups -OCH3 is 1. The van der Waals surface area contributed by atoms with E-state index in [1.54, 1.807) is 20.8 Å². The molecule has 2 atom stereocenters. The van der Waals surface area contributed by atoms with Gasteiger partial charge in [0.05, 0.1) is 26.4 Å². The molecule has 7 heteroatoms. The largest absolute Gasteiger partial charge is 0.468 e. The molecule has 1 amide bonds. The third-order valence-electron chi connectivity index (χ3n) is 3.86. The van der Waals surface area contributed by atoms with Gasteiger partial charge in [-0.05, 0) is 32.3 Å². The molecule has 158 valence electrons. The van der Waals surface area contributed by atoms with Crippen LogP contribution in [-0.4, -0.2) is 50.0 Å². The molecule has 0 radical (unpaired) electrons. The Balaban J connectivity index is 2.67. The van der Waals surface area contributed by atoms with Crippen molar-refractivity contribution in [2.45, 2.75) is 58.9 Å². The molecule has 0 spiro atoms. The molecule has 0 aromatic heterocycles. The summed E-state index contributed by atoms with van der Waals surface area (Å²) in [6, 6.07) is 8.94. The summed E-state index contributed by atoms with van der Waals surface area (Å²) >= 11 is 0. The van der Waals surface area contributed by atoms with Gasteiger partial charge in [-0.3, -0.25) is 4.79 Å². The van der Waals surface area contributed by atoms with E-state index >= 15 is 0 Å². The van der Waals surface area contributed by atoms with E-state index in [1.807, 2.05) is 44.2 Å². The molecule has 2 N–H and O–H groups in total. The Bertz CT molecular complexity index is 599. The molecule has 0 aliphatic rings. The van der Waals surface area contributed by atoms with Crippen LogP contribution in [0.1, 0.15) is 40.2 Å². The molecule has 7 nitrogen and oxygen atoms in total. The number of ether oxygens (including phenoxy) is 3. The SMILES string of the molecule is COC(=O)[C@@H](NC[C@H](COCc1ccccc1)NC(=O)OC(C)(C)C)C(C)C. The zero-order valence-corrected chi connectivity index (χ0v) is 17.8. The van der Waals surface area contributed by atoms with Crippen LogP contribution in [0.5, 0.6) is 0 Å². The molecule has 0 saturated carbocycles. The van der Waals surface area contributed by atoms with Gasteiger partial charge in [-0.2, -0.15) is 0 Å². The predicted octanol–water partition coefficient (Wildman–Crippen LogP) is 2.88. The molecule has 0 aliphatic heterocycles. The van der Waals surface area contributed by atoms with E-state index in [9.17, 15) is 9.59 Å². The maximum Gasteiger partial charge on any atom is 0.407 e. The topological polar surface area (TPSA) is 85.9 Å². The monoisotopic (exact) mass is 394 g/mol. The summed E-state index contributed by atoms with van der Waals surface area (Å²) in [5.74, 6) is -0.295. The van der Waals surface area contributed by atoms with Gasteiger partial charge in [-0.1, -0.05) is 44.2 Å². The van der Waals surface area contributed by atoms with Gasteiger partial charge in [-0.15, -0.1) is 0 Å². The number of benzene rings is 1. The van der Waals surface area contributed by atoms with Gasteiger partial charge in [0.25, 0.3) is 0 Å². The summed E-state index contributed by atoms with van der Waals surface area (Å²) in [7, 11) is 1.36. The molecule has 1 rings (SSSR count). The van der Waals surface area contributed by atoms with Gasteiger partial charge in [0.1, 0.15) is 11.6 Å². The predicted molar refractivity (Wildman–Crippen MR) is 108 cm³/mol. The van der Waals surface area contributed by atoms with E-state index in [4.69, 9.17) is 14.2 Å². The molecule has 0 fully saturated rings. The van der Waals surface area contributed by atoms with Crippen molar-refractivity contribution in [3.8, 4) is 0 Å². The minimum Gasteiger partial charge on any atom is -0.468 e. The maximum atomic E-state index is 12.2. The lowest BCUT2D eigenvalue weighted by molar-refractivity contribution is -0.144. The van der Waals surface area contributed by atoms with Crippen LogP contribution in [-0.2, 0) is 25.6 Å². The first kappa shape index (κ1) is 23.9. The smallest absolute Gasteiger partial charge is 0.407 e. The van der Waals surface area contributed by atoms with Crippen molar-refractivity contribution >= 4 is 12.1 Å². The van der Waals surface area contributed by atoms with Crippen molar-refractivity contribution in [1.82, 2.24) is 10.6 Å². The Kier molecular flexibility index (Phi) is 9.96. The molecule has 0 unspecified atom stereocenters. The molecule has 1 aromatic rings. The number of hydrogen-bond acceptors (Lipinski definition) is 6. The molecule has 28 heavy (non-hydrogen) atoms. The lowest BCUT2D eigenvalue weighted by atomic mass is 10.0. The number of esters is 1. The highest BCUT2D eigenvalue weighted by atomic mass is 16.6. The highest BCUT2D eigenvalue weighted by Crippen LogP contribution is 2.08. The molecule has 1 aromatic carbocycles. The number of carbonyl (C=O) groups excluding carboxylic acids is 2. The molecule has 0 saturated heterocycles. The van der Waals surface area contributed by atoms with Crippen molar-refractivity contribution in [2.75, 3.05) is 20.3 Å². The Morgan fingerprint density at radius 1 is 1.11 bits per heavy atom. The normalized spacial score (nSPS) is 13.7. The summed E-state index contributed by atoms with van der Waals surface area (Å²) in [5, 5.41) is 5.97. The minimum atomic E-state index is -0.598. The average Bonchev–Trinajstić information content (AvgIpc) is 2.60. The quantitative estimate of drug-likeness (QED) is 0.594. The average molecular weight is 395 g/mol. The van der Waals surface area contributed by atoms with E-state index < -0.39 is 17.7 Å². The highest BCUT2D eigenvalue weighted by Gasteiger charge is 2.25. The summed E-state index contributed by atoms with van der Waals surface area (Å²) in [6.07, 6.45) is -0.526. The van der Waals surface area contributed by atoms with Gasteiger partial charge in [0.15, 0.2) is 0 Å². The van der Waals surface area contributed by atoms with E-state index in [2.05, 4.69) is 10.6 Å². The summed E-state index contributed by atoms with van der Waals surface area (Å²) in [6.45, 7) is 10.3. The third-order valence-corrected chi connectivity index (χ3v) is 3.86. The van der Waals surface area contributed by atoms with Gasteiger partial charge in [-0.25, -0.2) is 4.79 Å². The maximum absolute atomic E-state index is 12.2. The number of rotatable bonds is 10. The summed E-state index contributed by atoms with van der Waals surface area (Å²) in [5.41, 5.74) is 0.445. The summed E-state index contributed by atoms with van der Waals surface area (Å²) in [4.78, 5) is 24.1.